The summed E-state index contributed by atoms with van der Waals surface area (Å²) < 4.78 is 0. The molecule has 9 N–H and O–H groups in total. The molecule has 0 heterocycles. The maximum absolute atomic E-state index is 7.56. The molecule has 0 saturated heterocycles. The van der Waals surface area contributed by atoms with E-state index in [0.29, 0.717) is 0 Å². The van der Waals surface area contributed by atoms with Gasteiger partial charge in [-0.3, -0.25) is 0 Å². The predicted octanol–water partition coefficient (Wildman–Crippen LogP) is 2.98. The summed E-state index contributed by atoms with van der Waals surface area (Å²) in [5.41, 5.74) is 0. The highest BCUT2D eigenvalue weighted by atomic mass is 32.5. The lowest BCUT2D eigenvalue weighted by Gasteiger charge is -1.88. The molecule has 0 saturated carbocycles. The van der Waals surface area contributed by atoms with Crippen LogP contribution in [0.1, 0.15) is 80.1 Å². The molecule has 0 aromatic rings. The fourth-order valence-electron chi connectivity index (χ4n) is 0. The average molecular weight is 517 g/mol. The Hall–Kier alpha value is 1.59. The van der Waals surface area contributed by atoms with Gasteiger partial charge < -0.3 is 44.0 Å². The van der Waals surface area contributed by atoms with Gasteiger partial charge in [0.15, 0.2) is 0 Å². The first-order valence-electron chi connectivity index (χ1n) is 8.09. The third-order valence-corrected chi connectivity index (χ3v) is 1.50. The Balaban J connectivity index is -0.0000000492. The van der Waals surface area contributed by atoms with Crippen LogP contribution in [-0.4, -0.2) is 44.0 Å². The molecule has 9 nitrogen and oxygen atoms in total. The predicted molar refractivity (Wildman–Crippen MR) is 125 cm³/mol. The van der Waals surface area contributed by atoms with Gasteiger partial charge in [0.2, 0.25) is 0 Å². The second-order valence-electron chi connectivity index (χ2n) is 4.54. The minimum absolute atomic E-state index is 1.32. The highest BCUT2D eigenvalue weighted by molar-refractivity contribution is 8.06. The summed E-state index contributed by atoms with van der Waals surface area (Å²) in [5, 5.41) is 0. The molecular weight excluding hydrogens is 477 g/mol. The van der Waals surface area contributed by atoms with Crippen LogP contribution in [0.25, 0.3) is 0 Å². The minimum atomic E-state index is -3.81. The lowest BCUT2D eigenvalue weighted by Crippen LogP contribution is -1.65. The monoisotopic (exact) mass is 516 g/mol. The van der Waals surface area contributed by atoms with E-state index in [9.17, 15) is 0 Å². The molecule has 174 valence electrons. The number of hydrogen-bond donors (Lipinski definition) is 9. The Bertz CT molecular complexity index is 296. The van der Waals surface area contributed by atoms with E-state index in [1.165, 1.54) is 38.5 Å². The van der Waals surface area contributed by atoms with Crippen LogP contribution in [0, 0.1) is 0 Å². The van der Waals surface area contributed by atoms with Crippen LogP contribution < -0.4 is 0 Å². The molecule has 0 radical (unpaired) electrons. The number of rotatable bonds is 3. The van der Waals surface area contributed by atoms with Crippen LogP contribution in [0.15, 0.2) is 0 Å². The molecule has 0 bridgehead atoms. The highest BCUT2D eigenvalue weighted by Gasteiger charge is 1.93. The number of unbranched alkanes of at least 4 members (excludes halogenated alkanes) is 3. The third kappa shape index (κ3) is 858. The van der Waals surface area contributed by atoms with Crippen molar-refractivity contribution in [1.29, 1.82) is 0 Å². The summed E-state index contributed by atoms with van der Waals surface area (Å²) in [5.74, 6) is 0. The standard InChI is InChI=1S/3C4H10.3H3O3PS/c3*1-3-4-2;3*1-4(2,3)5/h3*3-4H2,1-2H3;3*(H3,1,2,3,5). The summed E-state index contributed by atoms with van der Waals surface area (Å²) >= 11 is 10.8. The van der Waals surface area contributed by atoms with Crippen LogP contribution >= 0.6 is 20.2 Å². The molecule has 0 fully saturated rings. The van der Waals surface area contributed by atoms with Crippen molar-refractivity contribution in [2.24, 2.45) is 0 Å². The summed E-state index contributed by atoms with van der Waals surface area (Å²) in [6, 6.07) is 0. The fraction of sp³-hybridized carbons (Fsp3) is 1.00. The van der Waals surface area contributed by atoms with Crippen molar-refractivity contribution in [3.8, 4) is 0 Å². The Morgan fingerprint density at radius 3 is 0.407 bits per heavy atom. The lowest BCUT2D eigenvalue weighted by atomic mass is 10.4. The van der Waals surface area contributed by atoms with E-state index in [1.807, 2.05) is 0 Å². The molecule has 27 heavy (non-hydrogen) atoms. The summed E-state index contributed by atoms with van der Waals surface area (Å²) in [7, 11) is 0. The number of hydrogen-bond acceptors (Lipinski definition) is 3. The Labute approximate surface area is 179 Å². The second kappa shape index (κ2) is 29.8. The van der Waals surface area contributed by atoms with Crippen LogP contribution in [0.2, 0.25) is 0 Å². The second-order valence-corrected chi connectivity index (χ2v) is 12.0. The van der Waals surface area contributed by atoms with E-state index in [2.05, 4.69) is 77.0 Å². The Morgan fingerprint density at radius 1 is 0.370 bits per heavy atom. The van der Waals surface area contributed by atoms with Crippen LogP contribution in [0.4, 0.5) is 0 Å². The molecule has 0 aromatic carbocycles. The largest absolute Gasteiger partial charge is 0.325 e. The first-order chi connectivity index (χ1) is 11.7. The molecular formula is C12H39O9P3S3. The normalized spacial score (nSPS) is 9.89. The fourth-order valence-corrected chi connectivity index (χ4v) is 0. The molecule has 0 spiro atoms. The average Bonchev–Trinajstić information content (AvgIpc) is 2.42. The molecule has 0 aliphatic heterocycles. The molecule has 15 heteroatoms. The lowest BCUT2D eigenvalue weighted by molar-refractivity contribution is 0.361. The van der Waals surface area contributed by atoms with Crippen molar-refractivity contribution in [3.63, 3.8) is 0 Å². The summed E-state index contributed by atoms with van der Waals surface area (Å²) in [6.07, 6.45) is 7.92. The zero-order valence-electron chi connectivity index (χ0n) is 16.8. The van der Waals surface area contributed by atoms with E-state index in [1.54, 1.807) is 0 Å². The molecule has 0 amide bonds. The van der Waals surface area contributed by atoms with Crippen molar-refractivity contribution in [2.45, 2.75) is 80.1 Å². The van der Waals surface area contributed by atoms with Crippen molar-refractivity contribution in [2.75, 3.05) is 0 Å². The van der Waals surface area contributed by atoms with Gasteiger partial charge in [-0.2, -0.15) is 0 Å². The van der Waals surface area contributed by atoms with Crippen LogP contribution in [0.3, 0.4) is 0 Å². The quantitative estimate of drug-likeness (QED) is 0.250. The Morgan fingerprint density at radius 2 is 0.407 bits per heavy atom. The van der Waals surface area contributed by atoms with Gasteiger partial charge >= 0.3 is 20.2 Å². The van der Waals surface area contributed by atoms with Gasteiger partial charge in [-0.1, -0.05) is 80.1 Å². The van der Waals surface area contributed by atoms with Crippen molar-refractivity contribution < 1.29 is 44.0 Å². The summed E-state index contributed by atoms with van der Waals surface area (Å²) in [4.78, 5) is 68.0. The van der Waals surface area contributed by atoms with Gasteiger partial charge in [0.25, 0.3) is 0 Å². The topological polar surface area (TPSA) is 182 Å². The van der Waals surface area contributed by atoms with Crippen LogP contribution in [0.5, 0.6) is 0 Å². The maximum Gasteiger partial charge on any atom is 0.319 e. The molecule has 0 atom stereocenters. The first-order valence-corrected chi connectivity index (χ1v) is 16.1. The third-order valence-electron chi connectivity index (χ3n) is 1.50. The van der Waals surface area contributed by atoms with Gasteiger partial charge in [-0.25, -0.2) is 0 Å². The zero-order valence-corrected chi connectivity index (χ0v) is 22.0. The SMILES string of the molecule is CCCC.CCCC.CCCC.OP(O)(O)=S.OP(O)(O)=S.OP(O)(O)=S. The van der Waals surface area contributed by atoms with Crippen molar-refractivity contribution >= 4 is 55.6 Å². The van der Waals surface area contributed by atoms with E-state index >= 15 is 0 Å². The van der Waals surface area contributed by atoms with Crippen molar-refractivity contribution in [3.05, 3.63) is 0 Å². The van der Waals surface area contributed by atoms with Gasteiger partial charge in [-0.15, -0.1) is 0 Å². The molecule has 0 rings (SSSR count). The van der Waals surface area contributed by atoms with E-state index in [4.69, 9.17) is 44.0 Å². The highest BCUT2D eigenvalue weighted by Crippen LogP contribution is 2.27. The zero-order chi connectivity index (χ0) is 23.7. The van der Waals surface area contributed by atoms with E-state index in [0.717, 1.165) is 0 Å². The van der Waals surface area contributed by atoms with Gasteiger partial charge in [0.05, 0.1) is 0 Å². The van der Waals surface area contributed by atoms with Crippen molar-refractivity contribution in [1.82, 2.24) is 0 Å². The minimum Gasteiger partial charge on any atom is -0.325 e. The van der Waals surface area contributed by atoms with Crippen LogP contribution in [-0.2, 0) is 35.4 Å². The molecule has 0 aliphatic carbocycles. The first kappa shape index (κ1) is 42.6. The van der Waals surface area contributed by atoms with Gasteiger partial charge in [-0.05, 0) is 35.4 Å². The van der Waals surface area contributed by atoms with E-state index in [-0.39, 0.29) is 0 Å². The van der Waals surface area contributed by atoms with E-state index < -0.39 is 20.2 Å². The van der Waals surface area contributed by atoms with Gasteiger partial charge in [0.1, 0.15) is 0 Å². The smallest absolute Gasteiger partial charge is 0.319 e. The van der Waals surface area contributed by atoms with Gasteiger partial charge in [0, 0.05) is 0 Å². The molecule has 0 aromatic heterocycles. The molecule has 0 aliphatic rings. The Kier molecular flexibility index (Phi) is 47.1. The summed E-state index contributed by atoms with van der Waals surface area (Å²) in [6.45, 7) is 1.67. The molecule has 0 unspecified atom stereocenters. The maximum atomic E-state index is 7.56.